The molecule has 16 nitrogen and oxygen atoms in total. The lowest BCUT2D eigenvalue weighted by molar-refractivity contribution is -0.123. The number of piperidine rings is 2. The van der Waals surface area contributed by atoms with E-state index in [1.165, 1.54) is 5.56 Å². The van der Waals surface area contributed by atoms with Gasteiger partial charge in [-0.2, -0.15) is 10.2 Å². The summed E-state index contributed by atoms with van der Waals surface area (Å²) in [6.45, 7) is 22.6. The lowest BCUT2D eigenvalue weighted by atomic mass is 9.81. The molecule has 0 bridgehead atoms. The molecule has 2 fully saturated rings. The van der Waals surface area contributed by atoms with Gasteiger partial charge in [0.15, 0.2) is 11.7 Å². The Balaban J connectivity index is 0.000000184. The van der Waals surface area contributed by atoms with Gasteiger partial charge in [0.2, 0.25) is 0 Å². The summed E-state index contributed by atoms with van der Waals surface area (Å²) in [5.41, 5.74) is 8.19. The zero-order chi connectivity index (χ0) is 44.1. The summed E-state index contributed by atoms with van der Waals surface area (Å²) in [5, 5.41) is 8.33. The molecule has 2 N–H and O–H groups in total. The van der Waals surface area contributed by atoms with Crippen molar-refractivity contribution in [2.75, 3.05) is 49.2 Å². The fourth-order valence-corrected chi connectivity index (χ4v) is 9.47. The van der Waals surface area contributed by atoms with Gasteiger partial charge in [-0.05, 0) is 127 Å². The van der Waals surface area contributed by atoms with Crippen LogP contribution in [0.4, 0.5) is 21.0 Å². The van der Waals surface area contributed by atoms with Crippen LogP contribution in [0.3, 0.4) is 0 Å². The molecule has 17 heteroatoms. The number of hydrogen-bond acceptors (Lipinski definition) is 12. The smallest absolute Gasteiger partial charge is 0.410 e. The number of likely N-dealkylation sites (tertiary alicyclic amines) is 2. The Morgan fingerprint density at radius 3 is 1.67 bits per heavy atom. The van der Waals surface area contributed by atoms with Crippen molar-refractivity contribution < 1.29 is 38.1 Å². The predicted octanol–water partition coefficient (Wildman–Crippen LogP) is 6.92. The van der Waals surface area contributed by atoms with Crippen molar-refractivity contribution in [2.24, 2.45) is 22.0 Å². The van der Waals surface area contributed by atoms with Crippen LogP contribution in [0.5, 0.6) is 11.5 Å². The number of benzene rings is 2. The van der Waals surface area contributed by atoms with Gasteiger partial charge in [-0.15, -0.1) is 0 Å². The number of ether oxygens (including phenoxy) is 4. The third-order valence-electron chi connectivity index (χ3n) is 11.9. The minimum atomic E-state index is -0.505. The van der Waals surface area contributed by atoms with Crippen molar-refractivity contribution in [1.29, 1.82) is 0 Å². The molecule has 2 aromatic carbocycles. The summed E-state index contributed by atoms with van der Waals surface area (Å²) in [4.78, 5) is 56.8. The first kappa shape index (κ1) is 44.0. The molecule has 0 aliphatic carbocycles. The molecule has 6 heterocycles. The Kier molecular flexibility index (Phi) is 12.3. The molecule has 0 radical (unpaired) electrons. The molecule has 2 saturated heterocycles. The van der Waals surface area contributed by atoms with Crippen LogP contribution in [0.2, 0.25) is 0 Å². The van der Waals surface area contributed by atoms with Crippen LogP contribution in [-0.2, 0) is 19.1 Å². The number of amidine groups is 2. The molecule has 0 saturated carbocycles. The lowest BCUT2D eigenvalue weighted by Crippen LogP contribution is -2.55. The first-order chi connectivity index (χ1) is 28.7. The molecule has 330 valence electrons. The van der Waals surface area contributed by atoms with E-state index in [-0.39, 0.29) is 53.8 Å². The predicted molar refractivity (Wildman–Crippen MR) is 235 cm³/mol. The minimum Gasteiger partial charge on any atom is -0.483 e. The van der Waals surface area contributed by atoms with Gasteiger partial charge in [-0.25, -0.2) is 20.4 Å². The van der Waals surface area contributed by atoms with Crippen LogP contribution in [0.25, 0.3) is 0 Å². The first-order valence-electron chi connectivity index (χ1n) is 21.2. The van der Waals surface area contributed by atoms with E-state index in [9.17, 15) is 19.2 Å². The molecular weight excluding hydrogens is 848 g/mol. The van der Waals surface area contributed by atoms with Gasteiger partial charge in [-0.3, -0.25) is 9.59 Å². The average Bonchev–Trinajstić information content (AvgIpc) is 3.19. The monoisotopic (exact) mass is 906 g/mol. The van der Waals surface area contributed by atoms with Gasteiger partial charge in [0, 0.05) is 30.7 Å². The summed E-state index contributed by atoms with van der Waals surface area (Å²) in [7, 11) is 0. The number of nitrogens with zero attached hydrogens (tertiary/aromatic N) is 6. The van der Waals surface area contributed by atoms with E-state index < -0.39 is 11.2 Å². The molecule has 6 aliphatic rings. The van der Waals surface area contributed by atoms with Crippen LogP contribution in [0, 0.1) is 11.8 Å². The van der Waals surface area contributed by atoms with Crippen LogP contribution in [0.1, 0.15) is 105 Å². The number of hydrogen-bond donors (Lipinski definition) is 2. The van der Waals surface area contributed by atoms with Gasteiger partial charge >= 0.3 is 12.2 Å². The number of hydrazone groups is 2. The number of rotatable bonds is 2. The van der Waals surface area contributed by atoms with Crippen LogP contribution in [-0.4, -0.2) is 108 Å². The van der Waals surface area contributed by atoms with Crippen molar-refractivity contribution in [1.82, 2.24) is 20.7 Å². The lowest BCUT2D eigenvalue weighted by Gasteiger charge is -2.40. The topological polar surface area (TPSA) is 167 Å². The summed E-state index contributed by atoms with van der Waals surface area (Å²) in [6.07, 6.45) is 1.18. The fraction of sp³-hybridized carbons (Fsp3) is 0.591. The van der Waals surface area contributed by atoms with Crippen LogP contribution >= 0.6 is 15.9 Å². The van der Waals surface area contributed by atoms with E-state index in [0.717, 1.165) is 45.8 Å². The normalized spacial score (nSPS) is 25.9. The molecule has 4 amide bonds. The molecule has 6 aliphatic heterocycles. The Morgan fingerprint density at radius 2 is 1.18 bits per heavy atom. The van der Waals surface area contributed by atoms with E-state index >= 15 is 0 Å². The number of anilines is 2. The van der Waals surface area contributed by atoms with Crippen molar-refractivity contribution >= 4 is 63.0 Å². The van der Waals surface area contributed by atoms with E-state index in [4.69, 9.17) is 18.9 Å². The number of amides is 4. The molecule has 0 aromatic heterocycles. The van der Waals surface area contributed by atoms with Gasteiger partial charge < -0.3 is 38.5 Å². The maximum Gasteiger partial charge on any atom is 0.410 e. The molecule has 0 unspecified atom stereocenters. The fourth-order valence-electron chi connectivity index (χ4n) is 8.86. The summed E-state index contributed by atoms with van der Waals surface area (Å²) in [5.74, 6) is 3.73. The molecule has 8 rings (SSSR count). The van der Waals surface area contributed by atoms with Crippen molar-refractivity contribution in [3.8, 4) is 11.5 Å². The highest BCUT2D eigenvalue weighted by atomic mass is 79.9. The van der Waals surface area contributed by atoms with Crippen molar-refractivity contribution in [3.05, 3.63) is 45.9 Å². The zero-order valence-corrected chi connectivity index (χ0v) is 38.4. The Bertz CT molecular complexity index is 2130. The van der Waals surface area contributed by atoms with Gasteiger partial charge in [0.1, 0.15) is 48.0 Å². The largest absolute Gasteiger partial charge is 0.483 e. The highest BCUT2D eigenvalue weighted by Gasteiger charge is 2.40. The Hall–Kier alpha value is -5.06. The number of nitrogens with one attached hydrogen (secondary N) is 2. The zero-order valence-electron chi connectivity index (χ0n) is 36.8. The second-order valence-corrected chi connectivity index (χ2v) is 19.7. The standard InChI is InChI=1S/C22H29BrN4O4.C22H30N4O4/c1-12-10-26(21(29)31-22(3,4)5)7-6-14(12)15-8-17-18(9-16(15)23)30-11-19-24-25-20(28)13(2)27(17)19;1-13-11-25(21(28)30-22(3,4)5)9-8-16(13)15-6-7-18-17(10-15)26-14(2)20(27)24-23-19(26)12-29-18/h8-9,12-14H,6-7,10-11H2,1-5H3,(H,25,28);6-7,10,13-14,16H,8-9,11-12H2,1-5H3,(H,24,27)/t12-,13+,14+;13-,14+,16+/m00/s1. The van der Waals surface area contributed by atoms with Gasteiger partial charge in [-0.1, -0.05) is 35.8 Å². The second-order valence-electron chi connectivity index (χ2n) is 18.8. The highest BCUT2D eigenvalue weighted by molar-refractivity contribution is 9.10. The van der Waals surface area contributed by atoms with E-state index in [2.05, 4.69) is 69.0 Å². The Morgan fingerprint density at radius 1 is 0.705 bits per heavy atom. The molecule has 2 aromatic rings. The van der Waals surface area contributed by atoms with Gasteiger partial charge in [0.05, 0.1) is 11.4 Å². The number of carbonyl (C=O) groups is 4. The number of carbonyl (C=O) groups excluding carboxylic acids is 4. The third kappa shape index (κ3) is 9.41. The minimum absolute atomic E-state index is 0.129. The number of halogens is 1. The highest BCUT2D eigenvalue weighted by Crippen LogP contribution is 2.45. The molecule has 61 heavy (non-hydrogen) atoms. The molecular formula is C44H59BrN8O8. The first-order valence-corrected chi connectivity index (χ1v) is 22.0. The van der Waals surface area contributed by atoms with Crippen molar-refractivity contribution in [2.45, 2.75) is 117 Å². The van der Waals surface area contributed by atoms with Crippen LogP contribution < -0.4 is 30.1 Å². The van der Waals surface area contributed by atoms with Crippen LogP contribution in [0.15, 0.2) is 45.0 Å². The van der Waals surface area contributed by atoms with E-state index in [1.54, 1.807) is 9.80 Å². The third-order valence-corrected chi connectivity index (χ3v) is 12.6. The molecule has 0 spiro atoms. The average molecular weight is 908 g/mol. The second kappa shape index (κ2) is 17.0. The maximum atomic E-state index is 12.5. The maximum absolute atomic E-state index is 12.5. The molecule has 6 atom stereocenters. The van der Waals surface area contributed by atoms with Crippen molar-refractivity contribution in [3.63, 3.8) is 0 Å². The Labute approximate surface area is 366 Å². The van der Waals surface area contributed by atoms with Gasteiger partial charge in [0.25, 0.3) is 11.8 Å². The summed E-state index contributed by atoms with van der Waals surface area (Å²) >= 11 is 3.72. The summed E-state index contributed by atoms with van der Waals surface area (Å²) in [6, 6.07) is 9.57. The summed E-state index contributed by atoms with van der Waals surface area (Å²) < 4.78 is 23.8. The van der Waals surface area contributed by atoms with E-state index in [1.807, 2.05) is 77.3 Å². The quantitative estimate of drug-likeness (QED) is 0.323. The van der Waals surface area contributed by atoms with E-state index in [0.29, 0.717) is 57.0 Å². The SMILES string of the molecule is C[C@@H]1C(=O)NN=C2COc3cc(Br)c([C@@H]4CCN(C(=O)OC(C)(C)C)C[C@@H]4C)cc3N21.C[C@@H]1C(=O)NN=C2COc3ccc([C@@H]4CCN(C(=O)OC(C)(C)C)C[C@@H]4C)cc3N21. The number of fused-ring (bicyclic) bond motifs is 6.